The van der Waals surface area contributed by atoms with Crippen LogP contribution >= 0.6 is 7.82 Å². The van der Waals surface area contributed by atoms with Gasteiger partial charge >= 0.3 is 29.6 Å². The third kappa shape index (κ3) is 5480. The Balaban J connectivity index is -0.00000000145. The summed E-state index contributed by atoms with van der Waals surface area (Å²) in [5.74, 6) is 0. The van der Waals surface area contributed by atoms with Gasteiger partial charge in [0.25, 0.3) is 0 Å². The van der Waals surface area contributed by atoms with Gasteiger partial charge in [0.1, 0.15) is 0 Å². The van der Waals surface area contributed by atoms with E-state index in [2.05, 4.69) is 0 Å². The summed E-state index contributed by atoms with van der Waals surface area (Å²) in [5.41, 5.74) is 0. The fourth-order valence-electron chi connectivity index (χ4n) is 0. The van der Waals surface area contributed by atoms with Crippen molar-refractivity contribution in [1.82, 2.24) is 0 Å². The number of rotatable bonds is 0. The zero-order valence-corrected chi connectivity index (χ0v) is 11.0. The van der Waals surface area contributed by atoms with Crippen LogP contribution in [0.5, 0.6) is 0 Å². The Labute approximate surface area is 112 Å². The fraction of sp³-hybridized carbons (Fsp3) is 0. The van der Waals surface area contributed by atoms with Crippen molar-refractivity contribution in [2.45, 2.75) is 0 Å². The molecular formula is H20NaO14P-2. The van der Waals surface area contributed by atoms with Gasteiger partial charge in [-0.2, -0.15) is 7.82 Å². The second kappa shape index (κ2) is 75.5. The van der Waals surface area contributed by atoms with E-state index in [1.54, 1.807) is 0 Å². The predicted molar refractivity (Wildman–Crippen MR) is 43.7 cm³/mol. The van der Waals surface area contributed by atoms with Crippen LogP contribution in [0, 0.1) is 0 Å². The van der Waals surface area contributed by atoms with Gasteiger partial charge in [0.2, 0.25) is 0 Å². The van der Waals surface area contributed by atoms with Crippen LogP contribution in [-0.4, -0.2) is 54.8 Å². The molecule has 0 spiro atoms. The summed E-state index contributed by atoms with van der Waals surface area (Å²) in [7, 11) is -5.39. The van der Waals surface area contributed by atoms with E-state index in [-0.39, 0.29) is 84.3 Å². The second-order valence-corrected chi connectivity index (χ2v) is 1.34. The molecule has 0 rings (SSSR count). The summed E-state index contributed by atoms with van der Waals surface area (Å²) in [6.45, 7) is 0. The SMILES string of the molecule is O.O.O.O.O.O.O.O.O.O.O=P([O-])([O-])[O-].[Na+]. The molecule has 0 aromatic rings. The van der Waals surface area contributed by atoms with Gasteiger partial charge in [0, 0.05) is 0 Å². The van der Waals surface area contributed by atoms with Crippen LogP contribution in [0.1, 0.15) is 0 Å². The van der Waals surface area contributed by atoms with Crippen molar-refractivity contribution in [1.29, 1.82) is 0 Å². The van der Waals surface area contributed by atoms with Gasteiger partial charge in [-0.1, -0.05) is 0 Å². The van der Waals surface area contributed by atoms with Gasteiger partial charge in [-0.25, -0.2) is 0 Å². The molecular weight excluding hydrogens is 278 g/mol. The maximum atomic E-state index is 8.55. The Morgan fingerprint density at radius 2 is 0.500 bits per heavy atom. The summed E-state index contributed by atoms with van der Waals surface area (Å²) in [5, 5.41) is 0. The minimum atomic E-state index is -5.39. The summed E-state index contributed by atoms with van der Waals surface area (Å²) >= 11 is 0. The van der Waals surface area contributed by atoms with Crippen LogP contribution in [0.15, 0.2) is 0 Å². The van der Waals surface area contributed by atoms with Crippen molar-refractivity contribution in [3.8, 4) is 0 Å². The van der Waals surface area contributed by atoms with E-state index in [1.807, 2.05) is 0 Å². The van der Waals surface area contributed by atoms with E-state index in [0.717, 1.165) is 0 Å². The second-order valence-electron chi connectivity index (χ2n) is 0.447. The zero-order chi connectivity index (χ0) is 4.50. The van der Waals surface area contributed by atoms with Crippen molar-refractivity contribution in [3.63, 3.8) is 0 Å². The summed E-state index contributed by atoms with van der Waals surface area (Å²) in [4.78, 5) is 25.6. The Morgan fingerprint density at radius 1 is 0.500 bits per heavy atom. The molecule has 0 aromatic carbocycles. The van der Waals surface area contributed by atoms with Crippen LogP contribution in [-0.2, 0) is 4.57 Å². The van der Waals surface area contributed by atoms with Crippen molar-refractivity contribution >= 4 is 7.82 Å². The monoisotopic (exact) mass is 298 g/mol. The van der Waals surface area contributed by atoms with Crippen molar-refractivity contribution < 1.29 is 104 Å². The van der Waals surface area contributed by atoms with Crippen LogP contribution in [0.2, 0.25) is 0 Å². The van der Waals surface area contributed by atoms with Gasteiger partial charge in [-0.15, -0.1) is 0 Å². The van der Waals surface area contributed by atoms with E-state index < -0.39 is 7.82 Å². The molecule has 0 amide bonds. The fourth-order valence-corrected chi connectivity index (χ4v) is 0. The van der Waals surface area contributed by atoms with Gasteiger partial charge in [0.15, 0.2) is 0 Å². The molecule has 0 unspecified atom stereocenters. The number of hydrogen-bond acceptors (Lipinski definition) is 4. The van der Waals surface area contributed by atoms with Crippen LogP contribution in [0.4, 0.5) is 0 Å². The van der Waals surface area contributed by atoms with Crippen molar-refractivity contribution in [2.75, 3.05) is 0 Å². The molecule has 0 aliphatic rings. The summed E-state index contributed by atoms with van der Waals surface area (Å²) in [6, 6.07) is 0. The summed E-state index contributed by atoms with van der Waals surface area (Å²) < 4.78 is 8.55. The zero-order valence-electron chi connectivity index (χ0n) is 8.08. The topological polar surface area (TPSA) is 401 Å². The maximum absolute atomic E-state index is 8.55. The largest absolute Gasteiger partial charge is 1.00 e. The first kappa shape index (κ1) is 186. The third-order valence-electron chi connectivity index (χ3n) is 0. The maximum Gasteiger partial charge on any atom is 1.00 e. The number of hydrogen-bond donors (Lipinski definition) is 0. The Bertz CT molecular complexity index is 56.9. The molecule has 0 atom stereocenters. The molecule has 0 bridgehead atoms. The summed E-state index contributed by atoms with van der Waals surface area (Å²) in [6.07, 6.45) is 0. The predicted octanol–water partition coefficient (Wildman–Crippen LogP) is -14.1. The van der Waals surface area contributed by atoms with Gasteiger partial charge in [0.05, 0.1) is 0 Å². The van der Waals surface area contributed by atoms with Crippen LogP contribution in [0.25, 0.3) is 0 Å². The molecule has 0 saturated heterocycles. The minimum absolute atomic E-state index is 0. The Morgan fingerprint density at radius 3 is 0.500 bits per heavy atom. The molecule has 0 aliphatic heterocycles. The van der Waals surface area contributed by atoms with E-state index in [9.17, 15) is 0 Å². The van der Waals surface area contributed by atoms with Crippen molar-refractivity contribution in [3.05, 3.63) is 0 Å². The molecule has 112 valence electrons. The van der Waals surface area contributed by atoms with E-state index in [0.29, 0.717) is 0 Å². The third-order valence-corrected chi connectivity index (χ3v) is 0. The van der Waals surface area contributed by atoms with Crippen molar-refractivity contribution in [2.24, 2.45) is 0 Å². The first-order valence-corrected chi connectivity index (χ1v) is 2.19. The van der Waals surface area contributed by atoms with E-state index >= 15 is 0 Å². The Hall–Kier alpha value is 0.710. The first-order chi connectivity index (χ1) is 2.00. The number of phosphoric acid groups is 1. The molecule has 14 nitrogen and oxygen atoms in total. The Kier molecular flexibility index (Phi) is 877. The minimum Gasteiger partial charge on any atom is -0.822 e. The van der Waals surface area contributed by atoms with Crippen LogP contribution in [0.3, 0.4) is 0 Å². The van der Waals surface area contributed by atoms with E-state index in [1.165, 1.54) is 0 Å². The van der Waals surface area contributed by atoms with Crippen LogP contribution < -0.4 is 44.2 Å². The quantitative estimate of drug-likeness (QED) is 0.310. The van der Waals surface area contributed by atoms with Gasteiger partial charge in [-0.05, 0) is 0 Å². The molecule has 0 radical (unpaired) electrons. The molecule has 0 fully saturated rings. The normalized spacial score (nSPS) is 3.69. The molecule has 0 saturated carbocycles. The molecule has 20 N–H and O–H groups in total. The first-order valence-electron chi connectivity index (χ1n) is 0.730. The molecule has 16 heavy (non-hydrogen) atoms. The smallest absolute Gasteiger partial charge is 0.822 e. The molecule has 0 aromatic heterocycles. The average Bonchev–Trinajstić information content (AvgIpc) is 0.722. The van der Waals surface area contributed by atoms with Gasteiger partial charge in [-0.3, -0.25) is 0 Å². The van der Waals surface area contributed by atoms with Gasteiger partial charge < -0.3 is 74.0 Å². The molecule has 16 heteroatoms. The average molecular weight is 298 g/mol. The standard InChI is InChI=1S/Na.H3O4P.10H2O/c;1-5(2,3)4;;;;;;;;;;/h;(H3,1,2,3,4);10*1H2/q+1;;;;;;;;;;;/p-3. The molecule has 0 heterocycles. The molecule has 0 aliphatic carbocycles. The van der Waals surface area contributed by atoms with E-state index in [4.69, 9.17) is 19.2 Å².